The van der Waals surface area contributed by atoms with Gasteiger partial charge in [0.2, 0.25) is 0 Å². The van der Waals surface area contributed by atoms with Crippen molar-refractivity contribution in [1.82, 2.24) is 0 Å². The zero-order valence-corrected chi connectivity index (χ0v) is 13.7. The minimum absolute atomic E-state index is 0.493. The van der Waals surface area contributed by atoms with Gasteiger partial charge in [0, 0.05) is 21.8 Å². The summed E-state index contributed by atoms with van der Waals surface area (Å²) < 4.78 is 0.976. The van der Waals surface area contributed by atoms with Crippen LogP contribution >= 0.6 is 39.3 Å². The summed E-state index contributed by atoms with van der Waals surface area (Å²) in [7, 11) is 0. The number of amidine groups is 1. The molecule has 19 heavy (non-hydrogen) atoms. The largest absolute Gasteiger partial charge is 0.334 e. The number of aliphatic imine (C=N–C) groups is 1. The van der Waals surface area contributed by atoms with E-state index in [4.69, 9.17) is 16.6 Å². The first-order valence-corrected chi connectivity index (χ1v) is 8.72. The van der Waals surface area contributed by atoms with Gasteiger partial charge in [-0.25, -0.2) is 0 Å². The van der Waals surface area contributed by atoms with Crippen LogP contribution in [0.5, 0.6) is 0 Å². The lowest BCUT2D eigenvalue weighted by Gasteiger charge is -2.31. The Morgan fingerprint density at radius 1 is 1.32 bits per heavy atom. The van der Waals surface area contributed by atoms with Gasteiger partial charge >= 0.3 is 0 Å². The van der Waals surface area contributed by atoms with E-state index >= 15 is 0 Å². The molecule has 0 atom stereocenters. The SMILES string of the molecule is Clc1ccc(NC2=NCC3(CCCC3)CS2)c(Br)c1. The second-order valence-corrected chi connectivity index (χ2v) is 7.62. The molecular formula is C14H16BrClN2S. The molecule has 1 aromatic carbocycles. The molecule has 2 nitrogen and oxygen atoms in total. The Kier molecular flexibility index (Phi) is 4.11. The minimum atomic E-state index is 0.493. The van der Waals surface area contributed by atoms with E-state index in [1.165, 1.54) is 31.4 Å². The summed E-state index contributed by atoms with van der Waals surface area (Å²) in [4.78, 5) is 4.74. The maximum Gasteiger partial charge on any atom is 0.161 e. The molecule has 1 aliphatic heterocycles. The maximum atomic E-state index is 5.95. The Morgan fingerprint density at radius 2 is 2.11 bits per heavy atom. The van der Waals surface area contributed by atoms with E-state index in [1.807, 2.05) is 30.0 Å². The molecule has 0 saturated heterocycles. The number of benzene rings is 1. The molecule has 1 aromatic rings. The van der Waals surface area contributed by atoms with Crippen molar-refractivity contribution in [2.75, 3.05) is 17.6 Å². The molecule has 1 N–H and O–H groups in total. The number of nitrogens with zero attached hydrogens (tertiary/aromatic N) is 1. The fourth-order valence-corrected chi connectivity index (χ4v) is 4.70. The highest BCUT2D eigenvalue weighted by Gasteiger charge is 2.36. The van der Waals surface area contributed by atoms with Crippen molar-refractivity contribution in [2.24, 2.45) is 10.4 Å². The topological polar surface area (TPSA) is 24.4 Å². The van der Waals surface area contributed by atoms with Gasteiger partial charge in [0.1, 0.15) is 0 Å². The quantitative estimate of drug-likeness (QED) is 0.747. The molecule has 2 aliphatic rings. The predicted octanol–water partition coefficient (Wildman–Crippen LogP) is 5.18. The summed E-state index contributed by atoms with van der Waals surface area (Å²) in [6, 6.07) is 5.77. The van der Waals surface area contributed by atoms with E-state index in [-0.39, 0.29) is 0 Å². The second kappa shape index (κ2) is 5.66. The predicted molar refractivity (Wildman–Crippen MR) is 88.4 cm³/mol. The number of thioether (sulfide) groups is 1. The monoisotopic (exact) mass is 358 g/mol. The molecule has 5 heteroatoms. The molecular weight excluding hydrogens is 344 g/mol. The number of anilines is 1. The summed E-state index contributed by atoms with van der Waals surface area (Å²) >= 11 is 11.3. The fraction of sp³-hybridized carbons (Fsp3) is 0.500. The Morgan fingerprint density at radius 3 is 2.74 bits per heavy atom. The van der Waals surface area contributed by atoms with Crippen molar-refractivity contribution in [3.05, 3.63) is 27.7 Å². The first kappa shape index (κ1) is 13.8. The molecule has 0 radical (unpaired) electrons. The van der Waals surface area contributed by atoms with Crippen molar-refractivity contribution >= 4 is 50.1 Å². The van der Waals surface area contributed by atoms with Gasteiger partial charge in [0.25, 0.3) is 0 Å². The lowest BCUT2D eigenvalue weighted by atomic mass is 9.89. The van der Waals surface area contributed by atoms with Crippen LogP contribution in [0.1, 0.15) is 25.7 Å². The molecule has 1 fully saturated rings. The van der Waals surface area contributed by atoms with Crippen molar-refractivity contribution in [3.8, 4) is 0 Å². The highest BCUT2D eigenvalue weighted by molar-refractivity contribution is 9.10. The molecule has 0 bridgehead atoms. The lowest BCUT2D eigenvalue weighted by Crippen LogP contribution is -2.30. The minimum Gasteiger partial charge on any atom is -0.334 e. The van der Waals surface area contributed by atoms with Crippen LogP contribution in [0.4, 0.5) is 5.69 Å². The summed E-state index contributed by atoms with van der Waals surface area (Å²) in [5, 5.41) is 5.16. The standard InChI is InChI=1S/C14H16BrClN2S/c15-11-7-10(16)3-4-12(11)18-13-17-8-14(9-19-13)5-1-2-6-14/h3-4,7H,1-2,5-6,8-9H2,(H,17,18). The van der Waals surface area contributed by atoms with Gasteiger partial charge in [-0.1, -0.05) is 36.2 Å². The van der Waals surface area contributed by atoms with Gasteiger partial charge in [-0.15, -0.1) is 0 Å². The van der Waals surface area contributed by atoms with Crippen LogP contribution in [0.25, 0.3) is 0 Å². The Bertz CT molecular complexity index is 512. The third-order valence-corrected chi connectivity index (χ3v) is 6.06. The van der Waals surface area contributed by atoms with Crippen LogP contribution < -0.4 is 5.32 Å². The van der Waals surface area contributed by atoms with Crippen LogP contribution in [-0.2, 0) is 0 Å². The Balaban J connectivity index is 1.69. The van der Waals surface area contributed by atoms with Gasteiger partial charge in [0.05, 0.1) is 5.69 Å². The highest BCUT2D eigenvalue weighted by Crippen LogP contribution is 2.43. The summed E-state index contributed by atoms with van der Waals surface area (Å²) in [5.41, 5.74) is 1.52. The van der Waals surface area contributed by atoms with E-state index < -0.39 is 0 Å². The molecule has 1 heterocycles. The van der Waals surface area contributed by atoms with E-state index in [2.05, 4.69) is 21.2 Å². The van der Waals surface area contributed by atoms with Gasteiger partial charge in [-0.3, -0.25) is 4.99 Å². The molecule has 1 spiro atoms. The summed E-state index contributed by atoms with van der Waals surface area (Å²) in [6.45, 7) is 0.980. The van der Waals surface area contributed by atoms with E-state index in [0.29, 0.717) is 5.41 Å². The molecule has 0 aromatic heterocycles. The normalized spacial score (nSPS) is 21.5. The number of nitrogens with one attached hydrogen (secondary N) is 1. The van der Waals surface area contributed by atoms with Gasteiger partial charge in [-0.05, 0) is 52.4 Å². The fourth-order valence-electron chi connectivity index (χ4n) is 2.76. The third-order valence-electron chi connectivity index (χ3n) is 3.91. The number of hydrogen-bond acceptors (Lipinski definition) is 3. The molecule has 1 saturated carbocycles. The zero-order chi connectivity index (χ0) is 13.3. The van der Waals surface area contributed by atoms with Crippen LogP contribution in [0.2, 0.25) is 5.02 Å². The Labute approximate surface area is 131 Å². The summed E-state index contributed by atoms with van der Waals surface area (Å²) in [5.74, 6) is 1.20. The number of rotatable bonds is 1. The van der Waals surface area contributed by atoms with Crippen molar-refractivity contribution in [1.29, 1.82) is 0 Å². The summed E-state index contributed by atoms with van der Waals surface area (Å²) in [6.07, 6.45) is 5.45. The molecule has 0 unspecified atom stereocenters. The first-order chi connectivity index (χ1) is 9.17. The van der Waals surface area contributed by atoms with Crippen LogP contribution in [0.3, 0.4) is 0 Å². The number of hydrogen-bond donors (Lipinski definition) is 1. The maximum absolute atomic E-state index is 5.95. The Hall–Kier alpha value is -0.190. The third kappa shape index (κ3) is 3.11. The second-order valence-electron chi connectivity index (χ2n) is 5.37. The van der Waals surface area contributed by atoms with Crippen LogP contribution in [-0.4, -0.2) is 17.5 Å². The average molecular weight is 360 g/mol. The van der Waals surface area contributed by atoms with E-state index in [1.54, 1.807) is 0 Å². The molecule has 102 valence electrons. The average Bonchev–Trinajstić information content (AvgIpc) is 2.84. The molecule has 1 aliphatic carbocycles. The van der Waals surface area contributed by atoms with Crippen LogP contribution in [0.15, 0.2) is 27.7 Å². The van der Waals surface area contributed by atoms with E-state index in [9.17, 15) is 0 Å². The van der Waals surface area contributed by atoms with Crippen molar-refractivity contribution in [3.63, 3.8) is 0 Å². The zero-order valence-electron chi connectivity index (χ0n) is 10.6. The smallest absolute Gasteiger partial charge is 0.161 e. The van der Waals surface area contributed by atoms with Gasteiger partial charge in [-0.2, -0.15) is 0 Å². The molecule has 3 rings (SSSR count). The van der Waals surface area contributed by atoms with Gasteiger partial charge in [0.15, 0.2) is 5.17 Å². The first-order valence-electron chi connectivity index (χ1n) is 6.56. The lowest BCUT2D eigenvalue weighted by molar-refractivity contribution is 0.359. The molecule has 0 amide bonds. The highest BCUT2D eigenvalue weighted by atomic mass is 79.9. The van der Waals surface area contributed by atoms with Crippen molar-refractivity contribution in [2.45, 2.75) is 25.7 Å². The van der Waals surface area contributed by atoms with Crippen LogP contribution in [0, 0.1) is 5.41 Å². The van der Waals surface area contributed by atoms with E-state index in [0.717, 1.165) is 26.9 Å². The van der Waals surface area contributed by atoms with Gasteiger partial charge < -0.3 is 5.32 Å². The van der Waals surface area contributed by atoms with Crippen molar-refractivity contribution < 1.29 is 0 Å². The number of halogens is 2.